The summed E-state index contributed by atoms with van der Waals surface area (Å²) in [7, 11) is 0. The third-order valence-corrected chi connectivity index (χ3v) is 4.56. The second-order valence-corrected chi connectivity index (χ2v) is 6.49. The van der Waals surface area contributed by atoms with Gasteiger partial charge in [-0.2, -0.15) is 5.26 Å². The molecule has 122 valence electrons. The highest BCUT2D eigenvalue weighted by Crippen LogP contribution is 2.21. The number of carbonyl (C=O) groups is 2. The Bertz CT molecular complexity index is 846. The lowest BCUT2D eigenvalue weighted by atomic mass is 10.1. The normalized spacial score (nSPS) is 16.8. The van der Waals surface area contributed by atoms with Crippen LogP contribution in [0.1, 0.15) is 23.2 Å². The van der Waals surface area contributed by atoms with Crippen molar-refractivity contribution in [2.45, 2.75) is 18.9 Å². The van der Waals surface area contributed by atoms with Gasteiger partial charge in [0.15, 0.2) is 0 Å². The van der Waals surface area contributed by atoms with E-state index in [9.17, 15) is 9.59 Å². The molecule has 0 saturated carbocycles. The van der Waals surface area contributed by atoms with Crippen LogP contribution >= 0.6 is 15.9 Å². The van der Waals surface area contributed by atoms with Gasteiger partial charge in [0.25, 0.3) is 5.91 Å². The van der Waals surface area contributed by atoms with E-state index in [0.29, 0.717) is 29.4 Å². The Kier molecular flexibility index (Phi) is 4.76. The predicted molar refractivity (Wildman–Crippen MR) is 92.1 cm³/mol. The van der Waals surface area contributed by atoms with Crippen LogP contribution in [0.25, 0.3) is 10.9 Å². The highest BCUT2D eigenvalue weighted by atomic mass is 79.9. The van der Waals surface area contributed by atoms with Gasteiger partial charge in [0, 0.05) is 22.6 Å². The predicted octanol–water partition coefficient (Wildman–Crippen LogP) is 2.24. The zero-order valence-corrected chi connectivity index (χ0v) is 14.4. The average molecular weight is 387 g/mol. The summed E-state index contributed by atoms with van der Waals surface area (Å²) in [4.78, 5) is 30.4. The molecule has 1 aliphatic rings. The molecule has 1 saturated heterocycles. The summed E-state index contributed by atoms with van der Waals surface area (Å²) >= 11 is 3.39. The minimum atomic E-state index is -0.382. The number of amides is 2. The molecule has 1 fully saturated rings. The van der Waals surface area contributed by atoms with Crippen molar-refractivity contribution in [3.8, 4) is 6.07 Å². The van der Waals surface area contributed by atoms with E-state index in [1.165, 1.54) is 4.90 Å². The van der Waals surface area contributed by atoms with Gasteiger partial charge < -0.3 is 10.2 Å². The first kappa shape index (κ1) is 16.4. The smallest absolute Gasteiger partial charge is 0.252 e. The lowest BCUT2D eigenvalue weighted by molar-refractivity contribution is -0.130. The topological polar surface area (TPSA) is 86.1 Å². The fourth-order valence-corrected chi connectivity index (χ4v) is 3.23. The highest BCUT2D eigenvalue weighted by molar-refractivity contribution is 9.10. The summed E-state index contributed by atoms with van der Waals surface area (Å²) in [6.45, 7) is 0.451. The quantitative estimate of drug-likeness (QED) is 0.875. The molecule has 3 rings (SSSR count). The van der Waals surface area contributed by atoms with Crippen LogP contribution in [0, 0.1) is 11.3 Å². The molecule has 0 aliphatic carbocycles. The standard InChI is InChI=1S/C17H15BrN4O2/c18-11-3-4-15-14(8-11)13(5-6-20-15)17(24)21-10-16(23)22-7-1-2-12(22)9-19/h3-6,8,12H,1-2,7,10H2,(H,21,24)/t12-/m0/s1. The molecule has 0 radical (unpaired) electrons. The molecule has 6 nitrogen and oxygen atoms in total. The van der Waals surface area contributed by atoms with Crippen LogP contribution in [0.4, 0.5) is 0 Å². The molecule has 0 spiro atoms. The van der Waals surface area contributed by atoms with Gasteiger partial charge in [0.05, 0.1) is 23.7 Å². The Morgan fingerprint density at radius 3 is 3.04 bits per heavy atom. The fourth-order valence-electron chi connectivity index (χ4n) is 2.87. The molecular formula is C17H15BrN4O2. The van der Waals surface area contributed by atoms with Gasteiger partial charge in [0.1, 0.15) is 6.04 Å². The van der Waals surface area contributed by atoms with Gasteiger partial charge in [-0.25, -0.2) is 0 Å². The van der Waals surface area contributed by atoms with Crippen LogP contribution in [0.5, 0.6) is 0 Å². The number of benzene rings is 1. The van der Waals surface area contributed by atoms with E-state index in [4.69, 9.17) is 5.26 Å². The van der Waals surface area contributed by atoms with Crippen molar-refractivity contribution in [3.63, 3.8) is 0 Å². The number of nitrogens with one attached hydrogen (secondary N) is 1. The summed E-state index contributed by atoms with van der Waals surface area (Å²) in [6.07, 6.45) is 3.08. The molecule has 2 heterocycles. The first-order valence-corrected chi connectivity index (χ1v) is 8.41. The number of rotatable bonds is 3. The number of likely N-dealkylation sites (tertiary alicyclic amines) is 1. The molecule has 2 aromatic rings. The van der Waals surface area contributed by atoms with Crippen LogP contribution < -0.4 is 5.32 Å². The minimum absolute atomic E-state index is 0.116. The molecule has 1 aromatic heterocycles. The van der Waals surface area contributed by atoms with Crippen LogP contribution in [0.3, 0.4) is 0 Å². The number of carbonyl (C=O) groups excluding carboxylic acids is 2. The number of fused-ring (bicyclic) bond motifs is 1. The molecule has 1 N–H and O–H groups in total. The Morgan fingerprint density at radius 2 is 2.25 bits per heavy atom. The molecule has 1 aliphatic heterocycles. The Labute approximate surface area is 147 Å². The third-order valence-electron chi connectivity index (χ3n) is 4.07. The molecular weight excluding hydrogens is 372 g/mol. The van der Waals surface area contributed by atoms with E-state index < -0.39 is 0 Å². The van der Waals surface area contributed by atoms with Crippen LogP contribution in [0.15, 0.2) is 34.9 Å². The number of hydrogen-bond acceptors (Lipinski definition) is 4. The zero-order valence-electron chi connectivity index (χ0n) is 12.8. The van der Waals surface area contributed by atoms with Crippen molar-refractivity contribution in [1.29, 1.82) is 5.26 Å². The lowest BCUT2D eigenvalue weighted by Crippen LogP contribution is -2.42. The molecule has 0 unspecified atom stereocenters. The molecule has 1 atom stereocenters. The van der Waals surface area contributed by atoms with Crippen molar-refractivity contribution < 1.29 is 9.59 Å². The maximum absolute atomic E-state index is 12.5. The summed E-state index contributed by atoms with van der Waals surface area (Å²) in [5, 5.41) is 12.4. The lowest BCUT2D eigenvalue weighted by Gasteiger charge is -2.19. The Balaban J connectivity index is 1.73. The van der Waals surface area contributed by atoms with Crippen molar-refractivity contribution in [2.75, 3.05) is 13.1 Å². The van der Waals surface area contributed by atoms with Gasteiger partial charge in [-0.3, -0.25) is 14.6 Å². The van der Waals surface area contributed by atoms with Gasteiger partial charge in [-0.1, -0.05) is 15.9 Å². The third kappa shape index (κ3) is 3.24. The van der Waals surface area contributed by atoms with Crippen molar-refractivity contribution in [3.05, 3.63) is 40.5 Å². The van der Waals surface area contributed by atoms with Gasteiger partial charge in [-0.05, 0) is 37.1 Å². The van der Waals surface area contributed by atoms with E-state index in [-0.39, 0.29) is 24.4 Å². The van der Waals surface area contributed by atoms with Crippen molar-refractivity contribution in [1.82, 2.24) is 15.2 Å². The van der Waals surface area contributed by atoms with Crippen LogP contribution in [-0.4, -0.2) is 40.8 Å². The van der Waals surface area contributed by atoms with Gasteiger partial charge in [0.2, 0.25) is 5.91 Å². The molecule has 7 heteroatoms. The van der Waals surface area contributed by atoms with Crippen molar-refractivity contribution in [2.24, 2.45) is 0 Å². The average Bonchev–Trinajstić information content (AvgIpc) is 3.07. The maximum atomic E-state index is 12.5. The second-order valence-electron chi connectivity index (χ2n) is 5.58. The highest BCUT2D eigenvalue weighted by Gasteiger charge is 2.28. The number of nitrogens with zero attached hydrogens (tertiary/aromatic N) is 3. The summed E-state index contributed by atoms with van der Waals surface area (Å²) in [5.74, 6) is -0.562. The van der Waals surface area contributed by atoms with Gasteiger partial charge in [-0.15, -0.1) is 0 Å². The number of halogens is 1. The fraction of sp³-hybridized carbons (Fsp3) is 0.294. The van der Waals surface area contributed by atoms with Gasteiger partial charge >= 0.3 is 0 Å². The Hall–Kier alpha value is -2.46. The maximum Gasteiger partial charge on any atom is 0.252 e. The van der Waals surface area contributed by atoms with E-state index in [2.05, 4.69) is 32.3 Å². The van der Waals surface area contributed by atoms with Crippen LogP contribution in [0.2, 0.25) is 0 Å². The first-order chi connectivity index (χ1) is 11.6. The monoisotopic (exact) mass is 386 g/mol. The summed E-state index contributed by atoms with van der Waals surface area (Å²) in [5.41, 5.74) is 1.17. The van der Waals surface area contributed by atoms with Crippen molar-refractivity contribution >= 4 is 38.6 Å². The summed E-state index contributed by atoms with van der Waals surface area (Å²) in [6, 6.07) is 8.87. The SMILES string of the molecule is N#C[C@@H]1CCCN1C(=O)CNC(=O)c1ccnc2ccc(Br)cc12. The molecule has 0 bridgehead atoms. The van der Waals surface area contributed by atoms with E-state index in [1.54, 1.807) is 12.3 Å². The summed E-state index contributed by atoms with van der Waals surface area (Å²) < 4.78 is 0.849. The molecule has 2 amide bonds. The minimum Gasteiger partial charge on any atom is -0.343 e. The van der Waals surface area contributed by atoms with Crippen LogP contribution in [-0.2, 0) is 4.79 Å². The number of nitriles is 1. The van der Waals surface area contributed by atoms with E-state index in [0.717, 1.165) is 10.9 Å². The molecule has 1 aromatic carbocycles. The molecule has 24 heavy (non-hydrogen) atoms. The number of aromatic nitrogens is 1. The van der Waals surface area contributed by atoms with E-state index >= 15 is 0 Å². The van der Waals surface area contributed by atoms with E-state index in [1.807, 2.05) is 18.2 Å². The number of hydrogen-bond donors (Lipinski definition) is 1. The largest absolute Gasteiger partial charge is 0.343 e. The first-order valence-electron chi connectivity index (χ1n) is 7.61. The number of pyridine rings is 1. The second kappa shape index (κ2) is 6.97. The Morgan fingerprint density at radius 1 is 1.42 bits per heavy atom. The zero-order chi connectivity index (χ0) is 17.1.